The highest BCUT2D eigenvalue weighted by Crippen LogP contribution is 2.36. The van der Waals surface area contributed by atoms with Gasteiger partial charge in [-0.3, -0.25) is 0 Å². The predicted octanol–water partition coefficient (Wildman–Crippen LogP) is 2.63. The molecule has 0 spiro atoms. The largest absolute Gasteiger partial charge is 0.449 e. The summed E-state index contributed by atoms with van der Waals surface area (Å²) >= 11 is 0. The summed E-state index contributed by atoms with van der Waals surface area (Å²) < 4.78 is 18.1. The van der Waals surface area contributed by atoms with E-state index in [4.69, 9.17) is 4.74 Å². The second kappa shape index (κ2) is 3.77. The third-order valence-electron chi connectivity index (χ3n) is 2.80. The molecule has 0 saturated carbocycles. The van der Waals surface area contributed by atoms with Crippen LogP contribution < -0.4 is 5.32 Å². The molecule has 1 aromatic carbocycles. The number of hydrogen-bond acceptors (Lipinski definition) is 2. The minimum Gasteiger partial charge on any atom is -0.449 e. The SMILES string of the molecule is CC1(C)COC(=O)N[C@H]1c1cccc(F)c1. The first-order chi connectivity index (χ1) is 7.49. The van der Waals surface area contributed by atoms with Crippen molar-refractivity contribution in [3.05, 3.63) is 35.6 Å². The highest BCUT2D eigenvalue weighted by Gasteiger charge is 2.37. The number of carbonyl (C=O) groups excluding carboxylic acids is 1. The molecule has 16 heavy (non-hydrogen) atoms. The topological polar surface area (TPSA) is 38.3 Å². The fraction of sp³-hybridized carbons (Fsp3) is 0.417. The summed E-state index contributed by atoms with van der Waals surface area (Å²) in [5.74, 6) is -0.297. The summed E-state index contributed by atoms with van der Waals surface area (Å²) in [6, 6.07) is 6.06. The number of rotatable bonds is 1. The number of amides is 1. The van der Waals surface area contributed by atoms with Crippen LogP contribution in [0.2, 0.25) is 0 Å². The Kier molecular flexibility index (Phi) is 2.58. The first-order valence-corrected chi connectivity index (χ1v) is 5.18. The van der Waals surface area contributed by atoms with Gasteiger partial charge in [0.05, 0.1) is 6.04 Å². The minimum absolute atomic E-state index is 0.218. The molecule has 86 valence electrons. The molecule has 3 nitrogen and oxygen atoms in total. The van der Waals surface area contributed by atoms with E-state index in [2.05, 4.69) is 5.32 Å². The lowest BCUT2D eigenvalue weighted by Crippen LogP contribution is -2.46. The molecule has 2 rings (SSSR count). The van der Waals surface area contributed by atoms with Crippen LogP contribution in [0.4, 0.5) is 9.18 Å². The molecule has 1 N–H and O–H groups in total. The van der Waals surface area contributed by atoms with Crippen molar-refractivity contribution < 1.29 is 13.9 Å². The Morgan fingerprint density at radius 1 is 1.50 bits per heavy atom. The number of ether oxygens (including phenoxy) is 1. The van der Waals surface area contributed by atoms with Crippen molar-refractivity contribution >= 4 is 6.09 Å². The Morgan fingerprint density at radius 2 is 2.25 bits per heavy atom. The lowest BCUT2D eigenvalue weighted by atomic mass is 9.80. The highest BCUT2D eigenvalue weighted by molar-refractivity contribution is 5.69. The van der Waals surface area contributed by atoms with E-state index in [0.29, 0.717) is 6.61 Å². The van der Waals surface area contributed by atoms with Crippen LogP contribution in [0.25, 0.3) is 0 Å². The van der Waals surface area contributed by atoms with Gasteiger partial charge < -0.3 is 10.1 Å². The second-order valence-electron chi connectivity index (χ2n) is 4.70. The summed E-state index contributed by atoms with van der Waals surface area (Å²) in [5.41, 5.74) is 0.517. The van der Waals surface area contributed by atoms with Gasteiger partial charge in [-0.05, 0) is 17.7 Å². The fourth-order valence-corrected chi connectivity index (χ4v) is 1.91. The van der Waals surface area contributed by atoms with Crippen LogP contribution in [0.1, 0.15) is 25.5 Å². The van der Waals surface area contributed by atoms with Crippen LogP contribution in [0.5, 0.6) is 0 Å². The Morgan fingerprint density at radius 3 is 2.94 bits per heavy atom. The van der Waals surface area contributed by atoms with Crippen LogP contribution in [0, 0.1) is 11.2 Å². The molecule has 1 aliphatic heterocycles. The third-order valence-corrected chi connectivity index (χ3v) is 2.80. The van der Waals surface area contributed by atoms with E-state index in [1.54, 1.807) is 12.1 Å². The van der Waals surface area contributed by atoms with Crippen molar-refractivity contribution in [3.8, 4) is 0 Å². The Labute approximate surface area is 93.6 Å². The van der Waals surface area contributed by atoms with Gasteiger partial charge in [0.1, 0.15) is 12.4 Å². The maximum Gasteiger partial charge on any atom is 0.407 e. The van der Waals surface area contributed by atoms with E-state index < -0.39 is 6.09 Å². The average Bonchev–Trinajstić information content (AvgIpc) is 2.22. The first-order valence-electron chi connectivity index (χ1n) is 5.18. The van der Waals surface area contributed by atoms with Gasteiger partial charge in [-0.15, -0.1) is 0 Å². The second-order valence-corrected chi connectivity index (χ2v) is 4.70. The Bertz CT molecular complexity index is 417. The maximum atomic E-state index is 13.1. The maximum absolute atomic E-state index is 13.1. The quantitative estimate of drug-likeness (QED) is 0.794. The van der Waals surface area contributed by atoms with E-state index in [1.807, 2.05) is 13.8 Å². The zero-order valence-electron chi connectivity index (χ0n) is 9.29. The molecule has 1 fully saturated rings. The number of alkyl carbamates (subject to hydrolysis) is 1. The van der Waals surface area contributed by atoms with Gasteiger partial charge in [0.2, 0.25) is 0 Å². The minimum atomic E-state index is -0.450. The number of nitrogens with one attached hydrogen (secondary N) is 1. The predicted molar refractivity (Wildman–Crippen MR) is 57.4 cm³/mol. The number of hydrogen-bond donors (Lipinski definition) is 1. The molecule has 0 bridgehead atoms. The number of halogens is 1. The van der Waals surface area contributed by atoms with Gasteiger partial charge in [-0.1, -0.05) is 26.0 Å². The van der Waals surface area contributed by atoms with Crippen LogP contribution >= 0.6 is 0 Å². The zero-order chi connectivity index (χ0) is 11.8. The lowest BCUT2D eigenvalue weighted by Gasteiger charge is -2.38. The molecule has 1 amide bonds. The zero-order valence-corrected chi connectivity index (χ0v) is 9.29. The van der Waals surface area contributed by atoms with Crippen molar-refractivity contribution in [1.82, 2.24) is 5.32 Å². The molecule has 0 radical (unpaired) electrons. The van der Waals surface area contributed by atoms with Crippen LogP contribution in [0.3, 0.4) is 0 Å². The smallest absolute Gasteiger partial charge is 0.407 e. The lowest BCUT2D eigenvalue weighted by molar-refractivity contribution is 0.0386. The van der Waals surface area contributed by atoms with Crippen molar-refractivity contribution in [2.24, 2.45) is 5.41 Å². The molecule has 0 aliphatic carbocycles. The normalized spacial score (nSPS) is 23.4. The molecule has 1 heterocycles. The molecule has 0 unspecified atom stereocenters. The Hall–Kier alpha value is -1.58. The molecule has 1 aliphatic rings. The summed E-state index contributed by atoms with van der Waals surface area (Å²) in [7, 11) is 0. The van der Waals surface area contributed by atoms with Gasteiger partial charge in [-0.2, -0.15) is 0 Å². The Balaban J connectivity index is 2.33. The summed E-state index contributed by atoms with van der Waals surface area (Å²) in [6.07, 6.45) is -0.450. The molecule has 4 heteroatoms. The summed E-state index contributed by atoms with van der Waals surface area (Å²) in [5, 5.41) is 2.72. The highest BCUT2D eigenvalue weighted by atomic mass is 19.1. The van der Waals surface area contributed by atoms with Crippen LogP contribution in [0.15, 0.2) is 24.3 Å². The molecule has 1 atom stereocenters. The molecular formula is C12H14FNO2. The van der Waals surface area contributed by atoms with Gasteiger partial charge in [0.25, 0.3) is 0 Å². The first kappa shape index (κ1) is 10.9. The van der Waals surface area contributed by atoms with E-state index in [0.717, 1.165) is 5.56 Å². The van der Waals surface area contributed by atoms with Crippen molar-refractivity contribution in [2.75, 3.05) is 6.61 Å². The van der Waals surface area contributed by atoms with E-state index >= 15 is 0 Å². The van der Waals surface area contributed by atoms with Crippen molar-refractivity contribution in [2.45, 2.75) is 19.9 Å². The number of benzene rings is 1. The van der Waals surface area contributed by atoms with E-state index in [1.165, 1.54) is 12.1 Å². The number of carbonyl (C=O) groups is 1. The molecule has 1 saturated heterocycles. The van der Waals surface area contributed by atoms with E-state index in [9.17, 15) is 9.18 Å². The fourth-order valence-electron chi connectivity index (χ4n) is 1.91. The van der Waals surface area contributed by atoms with Crippen molar-refractivity contribution in [3.63, 3.8) is 0 Å². The summed E-state index contributed by atoms with van der Waals surface area (Å²) in [6.45, 7) is 4.28. The van der Waals surface area contributed by atoms with Gasteiger partial charge in [-0.25, -0.2) is 9.18 Å². The van der Waals surface area contributed by atoms with Crippen molar-refractivity contribution in [1.29, 1.82) is 0 Å². The molecular weight excluding hydrogens is 209 g/mol. The van der Waals surface area contributed by atoms with Gasteiger partial charge in [0, 0.05) is 5.41 Å². The van der Waals surface area contributed by atoms with Gasteiger partial charge in [0.15, 0.2) is 0 Å². The summed E-state index contributed by atoms with van der Waals surface area (Å²) in [4.78, 5) is 11.2. The van der Waals surface area contributed by atoms with Crippen LogP contribution in [-0.2, 0) is 4.74 Å². The standard InChI is InChI=1S/C12H14FNO2/c1-12(2)7-16-11(15)14-10(12)8-4-3-5-9(13)6-8/h3-6,10H,7H2,1-2H3,(H,14,15)/t10-/m0/s1. The third kappa shape index (κ3) is 2.01. The monoisotopic (exact) mass is 223 g/mol. The average molecular weight is 223 g/mol. The molecule has 0 aromatic heterocycles. The number of cyclic esters (lactones) is 1. The van der Waals surface area contributed by atoms with E-state index in [-0.39, 0.29) is 17.3 Å². The van der Waals surface area contributed by atoms with Crippen LogP contribution in [-0.4, -0.2) is 12.7 Å². The molecule has 1 aromatic rings. The van der Waals surface area contributed by atoms with Gasteiger partial charge >= 0.3 is 6.09 Å².